The van der Waals surface area contributed by atoms with Crippen molar-refractivity contribution in [3.8, 4) is 0 Å². The third-order valence-electron chi connectivity index (χ3n) is 2.47. The maximum atomic E-state index is 12.5. The molecule has 0 saturated carbocycles. The number of hydrogen-bond acceptors (Lipinski definition) is 3. The molecule has 0 aliphatic carbocycles. The van der Waals surface area contributed by atoms with Gasteiger partial charge in [-0.05, 0) is 6.07 Å². The summed E-state index contributed by atoms with van der Waals surface area (Å²) in [5, 5.41) is 0.879. The summed E-state index contributed by atoms with van der Waals surface area (Å²) in [6, 6.07) is 7.42. The molecule has 0 aliphatic rings. The Balaban J connectivity index is 2.31. The highest BCUT2D eigenvalue weighted by Gasteiger charge is 2.15. The number of alkyl halides is 3. The minimum absolute atomic E-state index is 0.253. The number of hydrogen-bond donors (Lipinski definition) is 0. The van der Waals surface area contributed by atoms with E-state index < -0.39 is 13.0 Å². The molecule has 0 aliphatic heterocycles. The normalized spacial score (nSPS) is 11.1. The molecule has 0 atom stereocenters. The van der Waals surface area contributed by atoms with Crippen LogP contribution in [0.25, 0.3) is 10.9 Å². The summed E-state index contributed by atoms with van der Waals surface area (Å²) in [6.07, 6.45) is -0.812. The second-order valence-corrected chi connectivity index (χ2v) is 4.13. The van der Waals surface area contributed by atoms with E-state index in [1.54, 1.807) is 6.20 Å². The molecule has 3 nitrogen and oxygen atoms in total. The van der Waals surface area contributed by atoms with Gasteiger partial charge in [0.05, 0.1) is 12.1 Å². The lowest BCUT2D eigenvalue weighted by Gasteiger charge is -2.21. The van der Waals surface area contributed by atoms with E-state index in [0.29, 0.717) is 6.54 Å². The average molecular weight is 272 g/mol. The summed E-state index contributed by atoms with van der Waals surface area (Å²) < 4.78 is 24.9. The number of benzene rings is 1. The molecule has 0 saturated heterocycles. The van der Waals surface area contributed by atoms with E-state index in [2.05, 4.69) is 9.97 Å². The molecule has 0 radical (unpaired) electrons. The van der Waals surface area contributed by atoms with E-state index in [1.165, 1.54) is 4.90 Å². The fourth-order valence-electron chi connectivity index (χ4n) is 1.66. The van der Waals surface area contributed by atoms with E-state index in [4.69, 9.17) is 11.6 Å². The third-order valence-corrected chi connectivity index (χ3v) is 2.64. The zero-order valence-electron chi connectivity index (χ0n) is 9.56. The molecule has 2 rings (SSSR count). The Morgan fingerprint density at radius 2 is 2.06 bits per heavy atom. The van der Waals surface area contributed by atoms with Crippen molar-refractivity contribution in [2.45, 2.75) is 6.43 Å². The minimum Gasteiger partial charge on any atom is -0.334 e. The van der Waals surface area contributed by atoms with Crippen molar-refractivity contribution >= 4 is 28.5 Å². The van der Waals surface area contributed by atoms with Gasteiger partial charge in [-0.3, -0.25) is 0 Å². The summed E-state index contributed by atoms with van der Waals surface area (Å²) in [5.74, 6) is 0.540. The van der Waals surface area contributed by atoms with E-state index in [1.807, 2.05) is 24.3 Å². The fraction of sp³-hybridized carbons (Fsp3) is 0.333. The predicted molar refractivity (Wildman–Crippen MR) is 68.5 cm³/mol. The highest BCUT2D eigenvalue weighted by atomic mass is 35.5. The van der Waals surface area contributed by atoms with Crippen LogP contribution >= 0.6 is 11.6 Å². The van der Waals surface area contributed by atoms with Gasteiger partial charge in [0, 0.05) is 24.0 Å². The van der Waals surface area contributed by atoms with Gasteiger partial charge in [0.2, 0.25) is 5.95 Å². The molecule has 0 amide bonds. The second kappa shape index (κ2) is 5.91. The van der Waals surface area contributed by atoms with Gasteiger partial charge in [0.25, 0.3) is 6.43 Å². The number of halogens is 3. The SMILES string of the molecule is FC(F)CN(CCCl)c1ncc2ccccc2n1. The number of nitrogens with zero attached hydrogens (tertiary/aromatic N) is 3. The van der Waals surface area contributed by atoms with Crippen molar-refractivity contribution in [3.05, 3.63) is 30.5 Å². The van der Waals surface area contributed by atoms with Crippen LogP contribution < -0.4 is 4.90 Å². The monoisotopic (exact) mass is 271 g/mol. The van der Waals surface area contributed by atoms with Gasteiger partial charge in [-0.1, -0.05) is 18.2 Å². The Labute approximate surface area is 108 Å². The number of para-hydroxylation sites is 1. The Morgan fingerprint density at radius 3 is 2.78 bits per heavy atom. The molecule has 0 spiro atoms. The maximum absolute atomic E-state index is 12.5. The number of aromatic nitrogens is 2. The molecular weight excluding hydrogens is 260 g/mol. The second-order valence-electron chi connectivity index (χ2n) is 3.75. The molecular formula is C12H12ClF2N3. The van der Waals surface area contributed by atoms with Crippen molar-refractivity contribution in [2.24, 2.45) is 0 Å². The first-order valence-corrected chi connectivity index (χ1v) is 6.05. The molecule has 0 fully saturated rings. The van der Waals surface area contributed by atoms with Crippen LogP contribution in [0.1, 0.15) is 0 Å². The zero-order chi connectivity index (χ0) is 13.0. The fourth-order valence-corrected chi connectivity index (χ4v) is 1.86. The molecule has 0 unspecified atom stereocenters. The van der Waals surface area contributed by atoms with Gasteiger partial charge in [-0.15, -0.1) is 11.6 Å². The summed E-state index contributed by atoms with van der Waals surface area (Å²) in [7, 11) is 0. The van der Waals surface area contributed by atoms with E-state index in [-0.39, 0.29) is 11.8 Å². The van der Waals surface area contributed by atoms with Crippen LogP contribution in [0.2, 0.25) is 0 Å². The summed E-state index contributed by atoms with van der Waals surface area (Å²) in [5.41, 5.74) is 0.733. The van der Waals surface area contributed by atoms with E-state index in [0.717, 1.165) is 10.9 Å². The van der Waals surface area contributed by atoms with Gasteiger partial charge in [-0.2, -0.15) is 0 Å². The standard InChI is InChI=1S/C12H12ClF2N3/c13-5-6-18(8-11(14)15)12-16-7-9-3-1-2-4-10(9)17-12/h1-4,7,11H,5-6,8H2. The first-order chi connectivity index (χ1) is 8.70. The Bertz CT molecular complexity index is 521. The van der Waals surface area contributed by atoms with Crippen LogP contribution in [0.5, 0.6) is 0 Å². The zero-order valence-corrected chi connectivity index (χ0v) is 10.3. The average Bonchev–Trinajstić information content (AvgIpc) is 2.37. The smallest absolute Gasteiger partial charge is 0.255 e. The van der Waals surface area contributed by atoms with E-state index in [9.17, 15) is 8.78 Å². The van der Waals surface area contributed by atoms with E-state index >= 15 is 0 Å². The van der Waals surface area contributed by atoms with Crippen LogP contribution in [0, 0.1) is 0 Å². The Morgan fingerprint density at radius 1 is 1.28 bits per heavy atom. The minimum atomic E-state index is -2.44. The third kappa shape index (κ3) is 3.04. The van der Waals surface area contributed by atoms with Crippen LogP contribution in [0.4, 0.5) is 14.7 Å². The molecule has 1 aromatic heterocycles. The van der Waals surface area contributed by atoms with Crippen molar-refractivity contribution in [1.82, 2.24) is 9.97 Å². The molecule has 0 N–H and O–H groups in total. The topological polar surface area (TPSA) is 29.0 Å². The number of rotatable bonds is 5. The molecule has 2 aromatic rings. The first kappa shape index (κ1) is 13.0. The lowest BCUT2D eigenvalue weighted by atomic mass is 10.2. The summed E-state index contributed by atoms with van der Waals surface area (Å²) in [6.45, 7) is -0.116. The van der Waals surface area contributed by atoms with Crippen LogP contribution in [-0.4, -0.2) is 35.4 Å². The van der Waals surface area contributed by atoms with Crippen LogP contribution in [0.3, 0.4) is 0 Å². The van der Waals surface area contributed by atoms with Gasteiger partial charge in [0.15, 0.2) is 0 Å². The van der Waals surface area contributed by atoms with Gasteiger partial charge >= 0.3 is 0 Å². The van der Waals surface area contributed by atoms with Gasteiger partial charge < -0.3 is 4.90 Å². The molecule has 96 valence electrons. The van der Waals surface area contributed by atoms with Gasteiger partial charge in [0.1, 0.15) is 0 Å². The molecule has 1 aromatic carbocycles. The van der Waals surface area contributed by atoms with Crippen molar-refractivity contribution < 1.29 is 8.78 Å². The van der Waals surface area contributed by atoms with Crippen molar-refractivity contribution in [2.75, 3.05) is 23.9 Å². The van der Waals surface area contributed by atoms with Crippen molar-refractivity contribution in [1.29, 1.82) is 0 Å². The number of fused-ring (bicyclic) bond motifs is 1. The lowest BCUT2D eigenvalue weighted by Crippen LogP contribution is -2.32. The van der Waals surface area contributed by atoms with Crippen LogP contribution in [0.15, 0.2) is 30.5 Å². The van der Waals surface area contributed by atoms with Crippen molar-refractivity contribution in [3.63, 3.8) is 0 Å². The van der Waals surface area contributed by atoms with Gasteiger partial charge in [-0.25, -0.2) is 18.7 Å². The molecule has 18 heavy (non-hydrogen) atoms. The number of anilines is 1. The lowest BCUT2D eigenvalue weighted by molar-refractivity contribution is 0.154. The Hall–Kier alpha value is -1.49. The molecule has 6 heteroatoms. The summed E-state index contributed by atoms with van der Waals surface area (Å²) in [4.78, 5) is 9.76. The largest absolute Gasteiger partial charge is 0.334 e. The van der Waals surface area contributed by atoms with Crippen LogP contribution in [-0.2, 0) is 0 Å². The molecule has 0 bridgehead atoms. The quantitative estimate of drug-likeness (QED) is 0.783. The summed E-state index contributed by atoms with van der Waals surface area (Å²) >= 11 is 5.61. The highest BCUT2D eigenvalue weighted by Crippen LogP contribution is 2.15. The highest BCUT2D eigenvalue weighted by molar-refractivity contribution is 6.18. The predicted octanol–water partition coefficient (Wildman–Crippen LogP) is 2.94. The first-order valence-electron chi connectivity index (χ1n) is 5.51. The maximum Gasteiger partial charge on any atom is 0.255 e. The Kier molecular flexibility index (Phi) is 4.25. The molecule has 1 heterocycles.